The van der Waals surface area contributed by atoms with Crippen LogP contribution in [-0.4, -0.2) is 20.2 Å². The minimum absolute atomic E-state index is 0.192. The largest absolute Gasteiger partial charge is 0.496 e. The summed E-state index contributed by atoms with van der Waals surface area (Å²) in [6, 6.07) is 4.71. The first kappa shape index (κ1) is 14.3. The van der Waals surface area contributed by atoms with Crippen molar-refractivity contribution >= 4 is 0 Å². The number of halogens is 1. The number of ether oxygens (including phenoxy) is 1. The average molecular weight is 265 g/mol. The summed E-state index contributed by atoms with van der Waals surface area (Å²) in [6.45, 7) is 1.98. The molecule has 0 aliphatic heterocycles. The van der Waals surface area contributed by atoms with Gasteiger partial charge in [0.1, 0.15) is 11.6 Å². The molecule has 19 heavy (non-hydrogen) atoms. The van der Waals surface area contributed by atoms with E-state index in [9.17, 15) is 4.39 Å². The molecule has 0 spiro atoms. The fourth-order valence-electron chi connectivity index (χ4n) is 2.86. The van der Waals surface area contributed by atoms with Gasteiger partial charge in [-0.05, 0) is 62.0 Å². The number of methoxy groups -OCH3 is 1. The summed E-state index contributed by atoms with van der Waals surface area (Å²) in [6.07, 6.45) is 7.69. The lowest BCUT2D eigenvalue weighted by Gasteiger charge is -2.21. The molecule has 0 atom stereocenters. The summed E-state index contributed by atoms with van der Waals surface area (Å²) in [5.74, 6) is 1.42. The molecule has 1 aliphatic rings. The summed E-state index contributed by atoms with van der Waals surface area (Å²) in [4.78, 5) is 0. The number of hydrogen-bond donors (Lipinski definition) is 1. The van der Waals surface area contributed by atoms with Gasteiger partial charge in [-0.15, -0.1) is 0 Å². The zero-order chi connectivity index (χ0) is 13.5. The van der Waals surface area contributed by atoms with Crippen LogP contribution >= 0.6 is 0 Å². The maximum atomic E-state index is 13.2. The van der Waals surface area contributed by atoms with Gasteiger partial charge in [0, 0.05) is 0 Å². The van der Waals surface area contributed by atoms with Crippen LogP contribution < -0.4 is 10.1 Å². The van der Waals surface area contributed by atoms with Crippen LogP contribution in [0.3, 0.4) is 0 Å². The predicted octanol–water partition coefficient (Wildman–Crippen LogP) is 3.55. The molecule has 0 bridgehead atoms. The van der Waals surface area contributed by atoms with Crippen molar-refractivity contribution in [2.45, 2.75) is 38.5 Å². The lowest BCUT2D eigenvalue weighted by Crippen LogP contribution is -2.26. The first-order valence-electron chi connectivity index (χ1n) is 7.32. The molecule has 1 aromatic carbocycles. The summed E-state index contributed by atoms with van der Waals surface area (Å²) in [5.41, 5.74) is 0.943. The van der Waals surface area contributed by atoms with Crippen molar-refractivity contribution in [2.75, 3.05) is 20.2 Å². The Morgan fingerprint density at radius 2 is 2.05 bits per heavy atom. The molecule has 2 rings (SSSR count). The second-order valence-electron chi connectivity index (χ2n) is 5.41. The Labute approximate surface area is 115 Å². The first-order valence-corrected chi connectivity index (χ1v) is 7.32. The third-order valence-electron chi connectivity index (χ3n) is 3.97. The van der Waals surface area contributed by atoms with Gasteiger partial charge in [0.2, 0.25) is 0 Å². The van der Waals surface area contributed by atoms with Gasteiger partial charge >= 0.3 is 0 Å². The lowest BCUT2D eigenvalue weighted by molar-refractivity contribution is 0.343. The van der Waals surface area contributed by atoms with E-state index >= 15 is 0 Å². The fraction of sp³-hybridized carbons (Fsp3) is 0.625. The van der Waals surface area contributed by atoms with Crippen molar-refractivity contribution in [1.82, 2.24) is 5.32 Å². The van der Waals surface area contributed by atoms with E-state index in [-0.39, 0.29) is 5.82 Å². The van der Waals surface area contributed by atoms with Gasteiger partial charge in [-0.25, -0.2) is 4.39 Å². The Kier molecular flexibility index (Phi) is 5.64. The third-order valence-corrected chi connectivity index (χ3v) is 3.97. The predicted molar refractivity (Wildman–Crippen MR) is 76.1 cm³/mol. The molecule has 1 saturated carbocycles. The molecular formula is C16H24FNO. The highest BCUT2D eigenvalue weighted by Gasteiger charge is 2.12. The van der Waals surface area contributed by atoms with Crippen LogP contribution in [0.1, 0.15) is 37.7 Å². The van der Waals surface area contributed by atoms with Gasteiger partial charge in [-0.1, -0.05) is 19.3 Å². The maximum Gasteiger partial charge on any atom is 0.123 e. The van der Waals surface area contributed by atoms with Gasteiger partial charge in [0.15, 0.2) is 0 Å². The molecule has 1 N–H and O–H groups in total. The second kappa shape index (κ2) is 7.49. The molecule has 2 nitrogen and oxygen atoms in total. The smallest absolute Gasteiger partial charge is 0.123 e. The first-order chi connectivity index (χ1) is 9.29. The van der Waals surface area contributed by atoms with E-state index in [1.165, 1.54) is 38.2 Å². The molecule has 1 fully saturated rings. The molecule has 0 heterocycles. The molecule has 0 amide bonds. The van der Waals surface area contributed by atoms with Crippen molar-refractivity contribution in [3.8, 4) is 5.75 Å². The van der Waals surface area contributed by atoms with Gasteiger partial charge < -0.3 is 10.1 Å². The summed E-state index contributed by atoms with van der Waals surface area (Å²) < 4.78 is 18.5. The van der Waals surface area contributed by atoms with E-state index in [0.717, 1.165) is 36.7 Å². The zero-order valence-corrected chi connectivity index (χ0v) is 11.8. The maximum absolute atomic E-state index is 13.2. The normalized spacial score (nSPS) is 16.5. The molecular weight excluding hydrogens is 241 g/mol. The van der Waals surface area contributed by atoms with Crippen LogP contribution in [0.4, 0.5) is 4.39 Å². The number of benzene rings is 1. The van der Waals surface area contributed by atoms with Crippen molar-refractivity contribution in [2.24, 2.45) is 5.92 Å². The van der Waals surface area contributed by atoms with Crippen LogP contribution in [0.15, 0.2) is 18.2 Å². The molecule has 0 radical (unpaired) electrons. The monoisotopic (exact) mass is 265 g/mol. The zero-order valence-electron chi connectivity index (χ0n) is 11.8. The molecule has 3 heteroatoms. The topological polar surface area (TPSA) is 21.3 Å². The second-order valence-corrected chi connectivity index (χ2v) is 5.41. The quantitative estimate of drug-likeness (QED) is 0.794. The SMILES string of the molecule is COc1ccc(F)cc1CCNCC1CCCCC1. The molecule has 1 aromatic rings. The van der Waals surface area contributed by atoms with Gasteiger partial charge in [0.25, 0.3) is 0 Å². The van der Waals surface area contributed by atoms with Gasteiger partial charge in [-0.3, -0.25) is 0 Å². The Balaban J connectivity index is 1.74. The molecule has 106 valence electrons. The minimum Gasteiger partial charge on any atom is -0.496 e. The third kappa shape index (κ3) is 4.50. The van der Waals surface area contributed by atoms with Crippen molar-refractivity contribution in [3.05, 3.63) is 29.6 Å². The highest BCUT2D eigenvalue weighted by atomic mass is 19.1. The minimum atomic E-state index is -0.192. The van der Waals surface area contributed by atoms with Gasteiger partial charge in [0.05, 0.1) is 7.11 Å². The van der Waals surface area contributed by atoms with Crippen molar-refractivity contribution in [1.29, 1.82) is 0 Å². The number of hydrogen-bond acceptors (Lipinski definition) is 2. The van der Waals surface area contributed by atoms with E-state index in [1.807, 2.05) is 0 Å². The van der Waals surface area contributed by atoms with Crippen molar-refractivity contribution in [3.63, 3.8) is 0 Å². The van der Waals surface area contributed by atoms with E-state index in [2.05, 4.69) is 5.32 Å². The Hall–Kier alpha value is -1.09. The standard InChI is InChI=1S/C16H24FNO/c1-19-16-8-7-15(17)11-14(16)9-10-18-12-13-5-3-2-4-6-13/h7-8,11,13,18H,2-6,9-10,12H2,1H3. The van der Waals surface area contributed by atoms with E-state index in [4.69, 9.17) is 4.74 Å². The van der Waals surface area contributed by atoms with Crippen LogP contribution in [0.25, 0.3) is 0 Å². The van der Waals surface area contributed by atoms with Crippen LogP contribution in [0, 0.1) is 11.7 Å². The van der Waals surface area contributed by atoms with Crippen LogP contribution in [0.5, 0.6) is 5.75 Å². The van der Waals surface area contributed by atoms with E-state index in [1.54, 1.807) is 19.2 Å². The molecule has 0 aromatic heterocycles. The Bertz CT molecular complexity index is 388. The summed E-state index contributed by atoms with van der Waals surface area (Å²) in [5, 5.41) is 3.50. The lowest BCUT2D eigenvalue weighted by atomic mass is 9.89. The fourth-order valence-corrected chi connectivity index (χ4v) is 2.86. The Morgan fingerprint density at radius 1 is 1.26 bits per heavy atom. The molecule has 0 unspecified atom stereocenters. The highest BCUT2D eigenvalue weighted by Crippen LogP contribution is 2.23. The van der Waals surface area contributed by atoms with Crippen LogP contribution in [0.2, 0.25) is 0 Å². The van der Waals surface area contributed by atoms with E-state index < -0.39 is 0 Å². The summed E-state index contributed by atoms with van der Waals surface area (Å²) >= 11 is 0. The van der Waals surface area contributed by atoms with E-state index in [0.29, 0.717) is 0 Å². The molecule has 0 saturated heterocycles. The molecule has 1 aliphatic carbocycles. The summed E-state index contributed by atoms with van der Waals surface area (Å²) in [7, 11) is 1.63. The average Bonchev–Trinajstić information content (AvgIpc) is 2.45. The highest BCUT2D eigenvalue weighted by molar-refractivity contribution is 5.34. The number of rotatable bonds is 6. The number of nitrogens with one attached hydrogen (secondary N) is 1. The van der Waals surface area contributed by atoms with Crippen molar-refractivity contribution < 1.29 is 9.13 Å². The van der Waals surface area contributed by atoms with Crippen LogP contribution in [-0.2, 0) is 6.42 Å². The Morgan fingerprint density at radius 3 is 2.79 bits per heavy atom. The van der Waals surface area contributed by atoms with Gasteiger partial charge in [-0.2, -0.15) is 0 Å².